The lowest BCUT2D eigenvalue weighted by molar-refractivity contribution is -0.134. The lowest BCUT2D eigenvalue weighted by atomic mass is 9.74. The van der Waals surface area contributed by atoms with E-state index in [0.717, 1.165) is 25.9 Å². The van der Waals surface area contributed by atoms with Gasteiger partial charge in [-0.05, 0) is 62.7 Å². The Bertz CT molecular complexity index is 968. The number of carbonyl (C=O) groups is 2. The van der Waals surface area contributed by atoms with Crippen LogP contribution in [0.5, 0.6) is 11.5 Å². The van der Waals surface area contributed by atoms with E-state index in [-0.39, 0.29) is 17.8 Å². The highest BCUT2D eigenvalue weighted by atomic mass is 16.5. The minimum absolute atomic E-state index is 0.0750. The molecule has 5 heteroatoms. The second-order valence-electron chi connectivity index (χ2n) is 8.48. The summed E-state index contributed by atoms with van der Waals surface area (Å²) in [7, 11) is 2.18. The summed E-state index contributed by atoms with van der Waals surface area (Å²) in [5, 5.41) is 0. The van der Waals surface area contributed by atoms with Gasteiger partial charge in [0.25, 0.3) is 0 Å². The van der Waals surface area contributed by atoms with Gasteiger partial charge in [-0.1, -0.05) is 50.6 Å². The van der Waals surface area contributed by atoms with Crippen LogP contribution in [0.1, 0.15) is 57.1 Å². The molecule has 1 saturated heterocycles. The highest BCUT2D eigenvalue weighted by molar-refractivity contribution is 5.89. The van der Waals surface area contributed by atoms with Crippen LogP contribution in [0, 0.1) is 0 Å². The molecule has 1 fully saturated rings. The highest BCUT2D eigenvalue weighted by Crippen LogP contribution is 2.37. The maximum absolute atomic E-state index is 12.5. The molecule has 1 unspecified atom stereocenters. The first-order valence-electron chi connectivity index (χ1n) is 11.4. The van der Waals surface area contributed by atoms with Crippen molar-refractivity contribution in [3.63, 3.8) is 0 Å². The van der Waals surface area contributed by atoms with Crippen LogP contribution in [0.3, 0.4) is 0 Å². The van der Waals surface area contributed by atoms with Crippen molar-refractivity contribution in [1.29, 1.82) is 0 Å². The molecule has 1 aliphatic heterocycles. The summed E-state index contributed by atoms with van der Waals surface area (Å²) >= 11 is 0. The number of nitrogens with zero attached hydrogens (tertiary/aromatic N) is 1. The van der Waals surface area contributed by atoms with Gasteiger partial charge in [0.05, 0.1) is 0 Å². The molecule has 0 amide bonds. The van der Waals surface area contributed by atoms with Crippen molar-refractivity contribution in [2.75, 3.05) is 20.1 Å². The molecule has 0 bridgehead atoms. The van der Waals surface area contributed by atoms with E-state index in [1.807, 2.05) is 24.3 Å². The summed E-state index contributed by atoms with van der Waals surface area (Å²) in [5.74, 6) is 0.178. The molecular weight excluding hydrogens is 402 g/mol. The monoisotopic (exact) mass is 435 g/mol. The molecule has 0 aromatic heterocycles. The number of likely N-dealkylation sites (N-methyl/N-ethyl adjacent to an activating group) is 1. The van der Waals surface area contributed by atoms with Crippen LogP contribution < -0.4 is 9.47 Å². The fraction of sp³-hybridized carbons (Fsp3) is 0.407. The molecule has 1 aliphatic rings. The number of likely N-dealkylation sites (tertiary alicyclic amines) is 1. The van der Waals surface area contributed by atoms with Gasteiger partial charge in [-0.15, -0.1) is 0 Å². The molecule has 32 heavy (non-hydrogen) atoms. The van der Waals surface area contributed by atoms with Crippen molar-refractivity contribution in [3.8, 4) is 11.5 Å². The second-order valence-corrected chi connectivity index (χ2v) is 8.48. The molecule has 170 valence electrons. The molecule has 3 rings (SSSR count). The maximum Gasteiger partial charge on any atom is 0.336 e. The number of hydrogen-bond donors (Lipinski definition) is 0. The van der Waals surface area contributed by atoms with Gasteiger partial charge >= 0.3 is 11.9 Å². The van der Waals surface area contributed by atoms with Gasteiger partial charge in [0.15, 0.2) is 0 Å². The summed E-state index contributed by atoms with van der Waals surface area (Å²) in [6, 6.07) is 15.0. The lowest BCUT2D eigenvalue weighted by Gasteiger charge is -2.35. The first-order valence-corrected chi connectivity index (χ1v) is 11.4. The zero-order chi connectivity index (χ0) is 23.0. The van der Waals surface area contributed by atoms with E-state index >= 15 is 0 Å². The fourth-order valence-electron chi connectivity index (χ4n) is 4.35. The van der Waals surface area contributed by atoms with E-state index in [2.05, 4.69) is 24.9 Å². The van der Waals surface area contributed by atoms with Gasteiger partial charge in [0.1, 0.15) is 11.5 Å². The van der Waals surface area contributed by atoms with E-state index in [1.54, 1.807) is 31.2 Å². The third-order valence-electron chi connectivity index (χ3n) is 6.19. The Kier molecular flexibility index (Phi) is 8.23. The third-order valence-corrected chi connectivity index (χ3v) is 6.19. The smallest absolute Gasteiger partial charge is 0.336 e. The second kappa shape index (κ2) is 11.1. The van der Waals surface area contributed by atoms with Gasteiger partial charge in [0.2, 0.25) is 0 Å². The number of hydrogen-bond acceptors (Lipinski definition) is 5. The van der Waals surface area contributed by atoms with E-state index in [4.69, 9.17) is 9.47 Å². The van der Waals surface area contributed by atoms with Crippen LogP contribution in [-0.4, -0.2) is 37.0 Å². The van der Waals surface area contributed by atoms with E-state index < -0.39 is 5.97 Å². The van der Waals surface area contributed by atoms with Crippen molar-refractivity contribution < 1.29 is 19.1 Å². The molecule has 0 N–H and O–H groups in total. The quantitative estimate of drug-likeness (QED) is 0.332. The van der Waals surface area contributed by atoms with Gasteiger partial charge < -0.3 is 14.4 Å². The van der Waals surface area contributed by atoms with Gasteiger partial charge in [-0.25, -0.2) is 4.79 Å². The summed E-state index contributed by atoms with van der Waals surface area (Å²) in [6.45, 7) is 6.11. The normalized spacial score (nSPS) is 19.5. The van der Waals surface area contributed by atoms with Gasteiger partial charge in [-0.3, -0.25) is 4.79 Å². The van der Waals surface area contributed by atoms with Crippen LogP contribution in [0.15, 0.2) is 54.6 Å². The Labute approximate surface area is 191 Å². The molecule has 1 atom stereocenters. The van der Waals surface area contributed by atoms with Crippen LogP contribution in [-0.2, 0) is 15.0 Å². The minimum Gasteiger partial charge on any atom is -0.426 e. The number of para-hydroxylation sites is 1. The number of ether oxygens (including phenoxy) is 2. The van der Waals surface area contributed by atoms with Crippen LogP contribution >= 0.6 is 0 Å². The average molecular weight is 436 g/mol. The predicted molar refractivity (Wildman–Crippen MR) is 127 cm³/mol. The predicted octanol–water partition coefficient (Wildman–Crippen LogP) is 5.38. The topological polar surface area (TPSA) is 55.8 Å². The first kappa shape index (κ1) is 23.7. The average Bonchev–Trinajstić information content (AvgIpc) is 3.00. The molecule has 1 heterocycles. The van der Waals surface area contributed by atoms with E-state index in [0.29, 0.717) is 17.1 Å². The molecule has 0 aliphatic carbocycles. The van der Waals surface area contributed by atoms with E-state index in [9.17, 15) is 9.59 Å². The van der Waals surface area contributed by atoms with Crippen LogP contribution in [0.25, 0.3) is 6.08 Å². The third kappa shape index (κ3) is 6.07. The SMILES string of the molecule is CCC(=O)Oc1ccccc1/C=C\C(=O)Oc1cccc(C2(CC)CCCCN(C)C2)c1. The van der Waals surface area contributed by atoms with Crippen molar-refractivity contribution in [3.05, 3.63) is 65.7 Å². The van der Waals surface area contributed by atoms with Crippen molar-refractivity contribution in [2.45, 2.75) is 51.4 Å². The lowest BCUT2D eigenvalue weighted by Crippen LogP contribution is -2.37. The van der Waals surface area contributed by atoms with Crippen molar-refractivity contribution >= 4 is 18.0 Å². The largest absolute Gasteiger partial charge is 0.426 e. The Morgan fingerprint density at radius 1 is 1.06 bits per heavy atom. The van der Waals surface area contributed by atoms with Crippen LogP contribution in [0.2, 0.25) is 0 Å². The van der Waals surface area contributed by atoms with Gasteiger partial charge in [0, 0.05) is 30.0 Å². The molecule has 0 spiro atoms. The summed E-state index contributed by atoms with van der Waals surface area (Å²) < 4.78 is 10.9. The number of rotatable bonds is 7. The van der Waals surface area contributed by atoms with Crippen molar-refractivity contribution in [1.82, 2.24) is 4.90 Å². The van der Waals surface area contributed by atoms with E-state index in [1.165, 1.54) is 24.5 Å². The minimum atomic E-state index is -0.470. The Balaban J connectivity index is 1.73. The maximum atomic E-state index is 12.5. The summed E-state index contributed by atoms with van der Waals surface area (Å²) in [5.41, 5.74) is 1.94. The Morgan fingerprint density at radius 3 is 2.66 bits per heavy atom. The Morgan fingerprint density at radius 2 is 1.88 bits per heavy atom. The molecule has 0 saturated carbocycles. The molecule has 0 radical (unpaired) electrons. The standard InChI is InChI=1S/C27H33NO4/c1-4-25(29)32-24-14-7-6-11-21(24)15-16-26(30)31-23-13-10-12-22(19-23)27(5-2)17-8-9-18-28(3)20-27/h6-7,10-16,19H,4-5,8-9,17-18,20H2,1-3H3/b16-15-. The zero-order valence-corrected chi connectivity index (χ0v) is 19.3. The van der Waals surface area contributed by atoms with Crippen molar-refractivity contribution in [2.24, 2.45) is 0 Å². The van der Waals surface area contributed by atoms with Gasteiger partial charge in [-0.2, -0.15) is 0 Å². The number of benzene rings is 2. The number of esters is 2. The fourth-order valence-corrected chi connectivity index (χ4v) is 4.35. The highest BCUT2D eigenvalue weighted by Gasteiger charge is 2.33. The molecule has 2 aromatic rings. The van der Waals surface area contributed by atoms with Crippen LogP contribution in [0.4, 0.5) is 0 Å². The summed E-state index contributed by atoms with van der Waals surface area (Å²) in [6.07, 6.45) is 7.85. The molecule has 5 nitrogen and oxygen atoms in total. The summed E-state index contributed by atoms with van der Waals surface area (Å²) in [4.78, 5) is 26.5. The molecule has 2 aromatic carbocycles. The molecular formula is C27H33NO4. The zero-order valence-electron chi connectivity index (χ0n) is 19.3. The Hall–Kier alpha value is -2.92. The first-order chi connectivity index (χ1) is 15.5. The number of carbonyl (C=O) groups excluding carboxylic acids is 2.